The summed E-state index contributed by atoms with van der Waals surface area (Å²) in [5.41, 5.74) is 2.54. The van der Waals surface area contributed by atoms with Gasteiger partial charge in [-0.15, -0.1) is 6.58 Å². The van der Waals surface area contributed by atoms with E-state index >= 15 is 0 Å². The Hall–Kier alpha value is -4.31. The van der Waals surface area contributed by atoms with Gasteiger partial charge in [0.1, 0.15) is 18.1 Å². The fourth-order valence-corrected chi connectivity index (χ4v) is 4.21. The van der Waals surface area contributed by atoms with Crippen LogP contribution in [-0.2, 0) is 29.1 Å². The van der Waals surface area contributed by atoms with Gasteiger partial charge in [-0.05, 0) is 66.9 Å². The molecule has 0 unspecified atom stereocenters. The van der Waals surface area contributed by atoms with Crippen LogP contribution in [0.3, 0.4) is 0 Å². The van der Waals surface area contributed by atoms with Crippen LogP contribution >= 0.6 is 15.9 Å². The molecular weight excluding hydrogens is 568 g/mol. The molecule has 2 heterocycles. The molecule has 0 spiro atoms. The van der Waals surface area contributed by atoms with Crippen LogP contribution in [0.2, 0.25) is 0 Å². The molecule has 39 heavy (non-hydrogen) atoms. The largest absolute Gasteiger partial charge is 0.490 e. The number of esters is 1. The van der Waals surface area contributed by atoms with Crippen molar-refractivity contribution in [3.8, 4) is 11.5 Å². The molecule has 1 fully saturated rings. The number of amides is 3. The lowest BCUT2D eigenvalue weighted by Crippen LogP contribution is -2.30. The zero-order valence-electron chi connectivity index (χ0n) is 21.5. The predicted molar refractivity (Wildman–Crippen MR) is 147 cm³/mol. The smallest absolute Gasteiger partial charge is 0.373 e. The monoisotopic (exact) mass is 594 g/mol. The predicted octanol–water partition coefficient (Wildman–Crippen LogP) is 5.63. The summed E-state index contributed by atoms with van der Waals surface area (Å²) in [6, 6.07) is 13.8. The number of allylic oxidation sites excluding steroid dienone is 1. The van der Waals surface area contributed by atoms with Gasteiger partial charge in [0.25, 0.3) is 5.91 Å². The zero-order valence-corrected chi connectivity index (χ0v) is 23.1. The highest BCUT2D eigenvalue weighted by Crippen LogP contribution is 2.35. The first-order valence-electron chi connectivity index (χ1n) is 12.1. The Balaban J connectivity index is 1.58. The summed E-state index contributed by atoms with van der Waals surface area (Å²) < 4.78 is 23.1. The number of benzene rings is 2. The molecule has 1 N–H and O–H groups in total. The minimum absolute atomic E-state index is 0.0176. The van der Waals surface area contributed by atoms with Gasteiger partial charge in [-0.3, -0.25) is 9.69 Å². The second-order valence-corrected chi connectivity index (χ2v) is 9.40. The van der Waals surface area contributed by atoms with Gasteiger partial charge < -0.3 is 23.9 Å². The van der Waals surface area contributed by atoms with E-state index in [1.165, 1.54) is 19.2 Å². The summed E-state index contributed by atoms with van der Waals surface area (Å²) in [6.07, 6.45) is 3.83. The number of carbonyl (C=O) groups is 3. The van der Waals surface area contributed by atoms with Gasteiger partial charge in [0.2, 0.25) is 5.76 Å². The van der Waals surface area contributed by atoms with E-state index in [0.717, 1.165) is 20.5 Å². The molecule has 0 atom stereocenters. The number of nitrogens with one attached hydrogen (secondary N) is 1. The molecule has 1 aromatic heterocycles. The number of urea groups is 1. The van der Waals surface area contributed by atoms with Crippen molar-refractivity contribution in [2.45, 2.75) is 26.5 Å². The lowest BCUT2D eigenvalue weighted by molar-refractivity contribution is -0.123. The average Bonchev–Trinajstić information content (AvgIpc) is 3.49. The van der Waals surface area contributed by atoms with E-state index in [2.05, 4.69) is 32.6 Å². The Morgan fingerprint density at radius 1 is 1.13 bits per heavy atom. The van der Waals surface area contributed by atoms with E-state index in [-0.39, 0.29) is 23.8 Å². The second-order valence-electron chi connectivity index (χ2n) is 8.49. The normalized spacial score (nSPS) is 13.9. The number of imide groups is 1. The molecule has 1 saturated heterocycles. The standard InChI is InChI=1S/C29H27BrN2O7/c1-4-6-20-13-19(15-25(37-5-2)26(20)38-17-18-7-9-21(30)10-8-18)14-23-27(33)32(29(35)31-23)16-22-11-12-24(39-22)28(34)36-3/h4,7-15H,1,5-6,16-17H2,2-3H3,(H,31,35)/b23-14-. The number of nitrogens with zero attached hydrogens (tertiary/aromatic N) is 1. The Labute approximate surface area is 234 Å². The van der Waals surface area contributed by atoms with Crippen LogP contribution in [0.15, 0.2) is 75.8 Å². The van der Waals surface area contributed by atoms with Crippen molar-refractivity contribution < 1.29 is 33.0 Å². The first kappa shape index (κ1) is 27.7. The Bertz CT molecular complexity index is 1430. The molecule has 10 heteroatoms. The molecule has 1 aliphatic heterocycles. The van der Waals surface area contributed by atoms with Crippen molar-refractivity contribution in [3.63, 3.8) is 0 Å². The summed E-state index contributed by atoms with van der Waals surface area (Å²) in [6.45, 7) is 6.32. The third-order valence-electron chi connectivity index (χ3n) is 5.75. The topological polar surface area (TPSA) is 107 Å². The van der Waals surface area contributed by atoms with Crippen LogP contribution in [0, 0.1) is 0 Å². The first-order chi connectivity index (χ1) is 18.8. The summed E-state index contributed by atoms with van der Waals surface area (Å²) >= 11 is 3.43. The van der Waals surface area contributed by atoms with Crippen molar-refractivity contribution >= 4 is 39.9 Å². The molecule has 0 saturated carbocycles. The maximum Gasteiger partial charge on any atom is 0.373 e. The number of carbonyl (C=O) groups excluding carboxylic acids is 3. The highest BCUT2D eigenvalue weighted by atomic mass is 79.9. The third kappa shape index (κ3) is 6.58. The number of ether oxygens (including phenoxy) is 3. The number of rotatable bonds is 11. The molecule has 2 aromatic carbocycles. The van der Waals surface area contributed by atoms with Crippen molar-refractivity contribution in [3.05, 3.63) is 99.6 Å². The van der Waals surface area contributed by atoms with Crippen LogP contribution in [0.25, 0.3) is 6.08 Å². The second kappa shape index (κ2) is 12.5. The summed E-state index contributed by atoms with van der Waals surface area (Å²) in [5.74, 6) is 0.165. The Morgan fingerprint density at radius 3 is 2.59 bits per heavy atom. The zero-order chi connectivity index (χ0) is 27.9. The van der Waals surface area contributed by atoms with Crippen molar-refractivity contribution in [1.82, 2.24) is 10.2 Å². The molecule has 202 valence electrons. The number of halogens is 1. The maximum atomic E-state index is 13.1. The van der Waals surface area contributed by atoms with Gasteiger partial charge in [0.05, 0.1) is 20.3 Å². The molecule has 0 aliphatic carbocycles. The number of methoxy groups -OCH3 is 1. The minimum Gasteiger partial charge on any atom is -0.490 e. The summed E-state index contributed by atoms with van der Waals surface area (Å²) in [7, 11) is 1.23. The van der Waals surface area contributed by atoms with Gasteiger partial charge in [-0.2, -0.15) is 0 Å². The van der Waals surface area contributed by atoms with E-state index in [0.29, 0.717) is 36.7 Å². The highest BCUT2D eigenvalue weighted by Gasteiger charge is 2.34. The Kier molecular flexibility index (Phi) is 8.88. The van der Waals surface area contributed by atoms with Gasteiger partial charge >= 0.3 is 12.0 Å². The van der Waals surface area contributed by atoms with Crippen LogP contribution in [-0.4, -0.2) is 36.5 Å². The van der Waals surface area contributed by atoms with Gasteiger partial charge in [-0.25, -0.2) is 9.59 Å². The van der Waals surface area contributed by atoms with Crippen molar-refractivity contribution in [2.24, 2.45) is 0 Å². The van der Waals surface area contributed by atoms with E-state index in [1.54, 1.807) is 18.2 Å². The molecule has 0 radical (unpaired) electrons. The maximum absolute atomic E-state index is 13.1. The fourth-order valence-electron chi connectivity index (χ4n) is 3.95. The van der Waals surface area contributed by atoms with E-state index < -0.39 is 17.9 Å². The molecule has 3 amide bonds. The quantitative estimate of drug-likeness (QED) is 0.133. The lowest BCUT2D eigenvalue weighted by atomic mass is 10.0. The molecule has 1 aliphatic rings. The lowest BCUT2D eigenvalue weighted by Gasteiger charge is -2.17. The van der Waals surface area contributed by atoms with Gasteiger partial charge in [0.15, 0.2) is 11.5 Å². The molecule has 4 rings (SSSR count). The first-order valence-corrected chi connectivity index (χ1v) is 12.9. The SMILES string of the molecule is C=CCc1cc(/C=C2\NC(=O)N(Cc3ccc(C(=O)OC)o3)C2=O)cc(OCC)c1OCc1ccc(Br)cc1. The molecule has 0 bridgehead atoms. The van der Waals surface area contributed by atoms with Gasteiger partial charge in [-0.1, -0.05) is 34.1 Å². The van der Waals surface area contributed by atoms with E-state index in [1.807, 2.05) is 37.3 Å². The minimum atomic E-state index is -0.649. The number of hydrogen-bond acceptors (Lipinski definition) is 7. The molecule has 3 aromatic rings. The third-order valence-corrected chi connectivity index (χ3v) is 6.28. The van der Waals surface area contributed by atoms with Gasteiger partial charge in [0, 0.05) is 10.0 Å². The fraction of sp³-hybridized carbons (Fsp3) is 0.207. The Morgan fingerprint density at radius 2 is 1.90 bits per heavy atom. The number of hydrogen-bond donors (Lipinski definition) is 1. The summed E-state index contributed by atoms with van der Waals surface area (Å²) in [4.78, 5) is 38.3. The highest BCUT2D eigenvalue weighted by molar-refractivity contribution is 9.10. The number of furan rings is 1. The molecular formula is C29H27BrN2O7. The van der Waals surface area contributed by atoms with Crippen LogP contribution in [0.1, 0.15) is 39.9 Å². The van der Waals surface area contributed by atoms with Crippen molar-refractivity contribution in [1.29, 1.82) is 0 Å². The molecule has 9 nitrogen and oxygen atoms in total. The van der Waals surface area contributed by atoms with E-state index in [9.17, 15) is 14.4 Å². The van der Waals surface area contributed by atoms with Crippen molar-refractivity contribution in [2.75, 3.05) is 13.7 Å². The van der Waals surface area contributed by atoms with E-state index in [4.69, 9.17) is 13.9 Å². The van der Waals surface area contributed by atoms with Crippen LogP contribution in [0.5, 0.6) is 11.5 Å². The van der Waals surface area contributed by atoms with Crippen LogP contribution < -0.4 is 14.8 Å². The summed E-state index contributed by atoms with van der Waals surface area (Å²) in [5, 5.41) is 2.60. The van der Waals surface area contributed by atoms with Crippen LogP contribution in [0.4, 0.5) is 4.79 Å². The average molecular weight is 595 g/mol.